The van der Waals surface area contributed by atoms with Gasteiger partial charge in [-0.15, -0.1) is 20.6 Å². The van der Waals surface area contributed by atoms with Crippen LogP contribution in [0.2, 0.25) is 0 Å². The van der Waals surface area contributed by atoms with Crippen molar-refractivity contribution in [3.05, 3.63) is 93.6 Å². The van der Waals surface area contributed by atoms with Gasteiger partial charge in [-0.3, -0.25) is 0 Å². The van der Waals surface area contributed by atoms with Gasteiger partial charge in [-0.1, -0.05) is 48.3 Å². The molecule has 0 radical (unpaired) electrons. The minimum absolute atomic E-state index is 0.926. The molecule has 1 aromatic heterocycles. The molecule has 1 nitrogen and oxygen atoms in total. The summed E-state index contributed by atoms with van der Waals surface area (Å²) in [6.45, 7) is 10.7. The van der Waals surface area contributed by atoms with Gasteiger partial charge >= 0.3 is 0 Å². The Morgan fingerprint density at radius 3 is 2.57 bits per heavy atom. The zero-order valence-electron chi connectivity index (χ0n) is 16.9. The number of rotatable bonds is 7. The summed E-state index contributed by atoms with van der Waals surface area (Å²) in [5.74, 6) is 0. The second kappa shape index (κ2) is 9.37. The lowest BCUT2D eigenvalue weighted by atomic mass is 10.0. The third-order valence-electron chi connectivity index (χ3n) is 5.03. The summed E-state index contributed by atoms with van der Waals surface area (Å²) in [4.78, 5) is 1.32. The van der Waals surface area contributed by atoms with Crippen LogP contribution in [-0.4, -0.2) is 0 Å². The van der Waals surface area contributed by atoms with Gasteiger partial charge in [0.1, 0.15) is 0 Å². The van der Waals surface area contributed by atoms with Crippen LogP contribution in [0, 0.1) is 6.92 Å². The maximum atomic E-state index is 4.23. The minimum Gasteiger partial charge on any atom is -0.359 e. The van der Waals surface area contributed by atoms with Crippen LogP contribution in [0.5, 0.6) is 0 Å². The summed E-state index contributed by atoms with van der Waals surface area (Å²) in [6, 6.07) is 19.4. The van der Waals surface area contributed by atoms with E-state index in [0.29, 0.717) is 0 Å². The van der Waals surface area contributed by atoms with E-state index in [1.54, 1.807) is 11.3 Å². The largest absolute Gasteiger partial charge is 0.359 e. The van der Waals surface area contributed by atoms with Gasteiger partial charge in [-0.2, -0.15) is 0 Å². The number of hydrogen-bond acceptors (Lipinski definition) is 2. The number of hydrogen-bond donors (Lipinski definition) is 1. The van der Waals surface area contributed by atoms with Gasteiger partial charge in [0.2, 0.25) is 0 Å². The molecule has 1 unspecified atom stereocenters. The van der Waals surface area contributed by atoms with Gasteiger partial charge in [-0.25, -0.2) is 0 Å². The van der Waals surface area contributed by atoms with Crippen molar-refractivity contribution in [3.63, 3.8) is 0 Å². The lowest BCUT2D eigenvalue weighted by Gasteiger charge is -2.12. The lowest BCUT2D eigenvalue weighted by molar-refractivity contribution is 0.940. The van der Waals surface area contributed by atoms with Crippen LogP contribution in [0.4, 0.5) is 5.69 Å². The number of benzene rings is 2. The van der Waals surface area contributed by atoms with E-state index in [0.717, 1.165) is 24.2 Å². The van der Waals surface area contributed by atoms with Gasteiger partial charge in [0.05, 0.1) is 0 Å². The third kappa shape index (κ3) is 5.22. The summed E-state index contributed by atoms with van der Waals surface area (Å²) in [7, 11) is 2.80. The smallest absolute Gasteiger partial charge is 0.0387 e. The Kier molecular flexibility index (Phi) is 6.88. The molecule has 0 spiro atoms. The molecule has 0 saturated carbocycles. The zero-order valence-corrected chi connectivity index (χ0v) is 18.9. The van der Waals surface area contributed by atoms with E-state index in [-0.39, 0.29) is 0 Å². The Labute approximate surface area is 175 Å². The fraction of sp³-hybridized carbons (Fsp3) is 0.200. The Morgan fingerprint density at radius 2 is 1.82 bits per heavy atom. The molecule has 0 amide bonds. The maximum Gasteiger partial charge on any atom is 0.0387 e. The van der Waals surface area contributed by atoms with E-state index in [4.69, 9.17) is 0 Å². The summed E-state index contributed by atoms with van der Waals surface area (Å²) in [5, 5.41) is 7.01. The van der Waals surface area contributed by atoms with Gasteiger partial charge in [0.25, 0.3) is 0 Å². The molecule has 3 heteroatoms. The van der Waals surface area contributed by atoms with E-state index >= 15 is 0 Å². The second-order valence-electron chi connectivity index (χ2n) is 7.24. The van der Waals surface area contributed by atoms with Crippen molar-refractivity contribution >= 4 is 31.8 Å². The second-order valence-corrected chi connectivity index (χ2v) is 9.02. The Hall–Kier alpha value is -2.15. The molecule has 0 saturated heterocycles. The first-order valence-electron chi connectivity index (χ1n) is 9.55. The van der Waals surface area contributed by atoms with Crippen LogP contribution in [-0.2, 0) is 6.42 Å². The van der Waals surface area contributed by atoms with Crippen LogP contribution < -0.4 is 5.32 Å². The van der Waals surface area contributed by atoms with Crippen LogP contribution >= 0.6 is 20.6 Å². The highest BCUT2D eigenvalue weighted by atomic mass is 32.1. The first-order chi connectivity index (χ1) is 13.4. The molecular weight excluding hydrogens is 377 g/mol. The molecule has 1 heterocycles. The van der Waals surface area contributed by atoms with Crippen LogP contribution in [0.15, 0.2) is 77.6 Å². The predicted molar refractivity (Wildman–Crippen MR) is 130 cm³/mol. The average Bonchev–Trinajstić information content (AvgIpc) is 3.17. The number of aryl methyl sites for hydroxylation is 2. The molecule has 0 fully saturated rings. The molecule has 0 bridgehead atoms. The molecule has 1 atom stereocenters. The fourth-order valence-corrected chi connectivity index (χ4v) is 4.35. The van der Waals surface area contributed by atoms with Gasteiger partial charge < -0.3 is 5.32 Å². The van der Waals surface area contributed by atoms with Gasteiger partial charge in [-0.05, 0) is 85.0 Å². The van der Waals surface area contributed by atoms with Crippen molar-refractivity contribution in [2.75, 3.05) is 5.32 Å². The average molecular weight is 406 g/mol. The number of thiophene rings is 1. The SMILES string of the molecule is C=C(CCc1ccccc1C)Nc1cccc(-c2csc(/C(C)=C(/C)P)c2)c1. The molecule has 3 rings (SSSR count). The third-order valence-corrected chi connectivity index (χ3v) is 6.52. The Morgan fingerprint density at radius 1 is 1.04 bits per heavy atom. The Balaban J connectivity index is 1.67. The van der Waals surface area contributed by atoms with Crippen molar-refractivity contribution in [1.29, 1.82) is 0 Å². The summed E-state index contributed by atoms with van der Waals surface area (Å²) >= 11 is 1.80. The monoisotopic (exact) mass is 405 g/mol. The van der Waals surface area contributed by atoms with Crippen molar-refractivity contribution in [1.82, 2.24) is 0 Å². The maximum absolute atomic E-state index is 4.23. The molecule has 0 aliphatic rings. The normalized spacial score (nSPS) is 11.9. The molecule has 1 N–H and O–H groups in total. The first-order valence-corrected chi connectivity index (χ1v) is 11.0. The standard InChI is InChI=1S/C25H28NPS/c1-17-8-5-6-9-21(17)13-12-18(2)26-24-11-7-10-22(14-24)23-15-25(28-16-23)19(3)20(4)27/h5-11,14-16,26H,2,12-13,27H2,1,3-4H3/b20-19-. The summed E-state index contributed by atoms with van der Waals surface area (Å²) in [6.07, 6.45) is 1.93. The number of anilines is 1. The molecule has 0 aliphatic heterocycles. The van der Waals surface area contributed by atoms with Gasteiger partial charge in [0.15, 0.2) is 0 Å². The van der Waals surface area contributed by atoms with Crippen LogP contribution in [0.1, 0.15) is 36.3 Å². The number of nitrogens with one attached hydrogen (secondary N) is 1. The highest BCUT2D eigenvalue weighted by Crippen LogP contribution is 2.33. The van der Waals surface area contributed by atoms with Crippen molar-refractivity contribution in [2.24, 2.45) is 0 Å². The van der Waals surface area contributed by atoms with E-state index < -0.39 is 0 Å². The molecule has 28 heavy (non-hydrogen) atoms. The van der Waals surface area contributed by atoms with E-state index in [2.05, 4.69) is 102 Å². The van der Waals surface area contributed by atoms with Crippen molar-refractivity contribution in [2.45, 2.75) is 33.6 Å². The van der Waals surface area contributed by atoms with E-state index in [1.807, 2.05) is 0 Å². The highest BCUT2D eigenvalue weighted by Gasteiger charge is 2.07. The van der Waals surface area contributed by atoms with E-state index in [9.17, 15) is 0 Å². The number of allylic oxidation sites excluding steroid dienone is 3. The molecular formula is C25H28NPS. The summed E-state index contributed by atoms with van der Waals surface area (Å²) < 4.78 is 0. The van der Waals surface area contributed by atoms with Gasteiger partial charge in [0, 0.05) is 16.3 Å². The first kappa shape index (κ1) is 20.6. The van der Waals surface area contributed by atoms with E-state index in [1.165, 1.54) is 38.0 Å². The van der Waals surface area contributed by atoms with Crippen LogP contribution in [0.3, 0.4) is 0 Å². The molecule has 3 aromatic rings. The van der Waals surface area contributed by atoms with Crippen LogP contribution in [0.25, 0.3) is 16.7 Å². The van der Waals surface area contributed by atoms with Crippen molar-refractivity contribution < 1.29 is 0 Å². The lowest BCUT2D eigenvalue weighted by Crippen LogP contribution is -2.00. The molecule has 144 valence electrons. The topological polar surface area (TPSA) is 12.0 Å². The highest BCUT2D eigenvalue weighted by molar-refractivity contribution is 7.23. The molecule has 2 aromatic carbocycles. The quantitative estimate of drug-likeness (QED) is 0.394. The zero-order chi connectivity index (χ0) is 20.1. The Bertz CT molecular complexity index is 1010. The van der Waals surface area contributed by atoms with Crippen molar-refractivity contribution in [3.8, 4) is 11.1 Å². The molecule has 0 aliphatic carbocycles. The fourth-order valence-electron chi connectivity index (χ4n) is 3.10. The summed E-state index contributed by atoms with van der Waals surface area (Å²) in [5.41, 5.74) is 8.69. The minimum atomic E-state index is 0.926. The predicted octanol–water partition coefficient (Wildman–Crippen LogP) is 7.91.